The fourth-order valence-corrected chi connectivity index (χ4v) is 2.14. The molecular formula is C13H19FN2O. The lowest BCUT2D eigenvalue weighted by Crippen LogP contribution is -2.40. The first kappa shape index (κ1) is 12.5. The van der Waals surface area contributed by atoms with Gasteiger partial charge in [-0.1, -0.05) is 12.1 Å². The van der Waals surface area contributed by atoms with E-state index in [0.29, 0.717) is 12.6 Å². The molecule has 1 saturated heterocycles. The second-order valence-electron chi connectivity index (χ2n) is 4.39. The van der Waals surface area contributed by atoms with Gasteiger partial charge < -0.3 is 15.8 Å². The first-order valence-electron chi connectivity index (χ1n) is 6.09. The van der Waals surface area contributed by atoms with Gasteiger partial charge in [-0.25, -0.2) is 4.39 Å². The maximum absolute atomic E-state index is 12.8. The summed E-state index contributed by atoms with van der Waals surface area (Å²) in [5.74, 6) is -0.212. The van der Waals surface area contributed by atoms with E-state index in [0.717, 1.165) is 31.6 Å². The van der Waals surface area contributed by atoms with Crippen molar-refractivity contribution in [2.24, 2.45) is 5.73 Å². The van der Waals surface area contributed by atoms with Crippen LogP contribution in [0, 0.1) is 5.82 Å². The Morgan fingerprint density at radius 2 is 1.94 bits per heavy atom. The zero-order valence-corrected chi connectivity index (χ0v) is 9.86. The van der Waals surface area contributed by atoms with Crippen molar-refractivity contribution in [3.8, 4) is 0 Å². The fourth-order valence-electron chi connectivity index (χ4n) is 2.14. The van der Waals surface area contributed by atoms with Crippen LogP contribution in [0.3, 0.4) is 0 Å². The van der Waals surface area contributed by atoms with Crippen molar-refractivity contribution in [1.82, 2.24) is 5.32 Å². The summed E-state index contributed by atoms with van der Waals surface area (Å²) in [7, 11) is 0. The van der Waals surface area contributed by atoms with Crippen molar-refractivity contribution < 1.29 is 9.13 Å². The van der Waals surface area contributed by atoms with Crippen LogP contribution in [-0.2, 0) is 4.74 Å². The van der Waals surface area contributed by atoms with E-state index in [-0.39, 0.29) is 11.9 Å². The molecule has 0 radical (unpaired) electrons. The van der Waals surface area contributed by atoms with Crippen molar-refractivity contribution in [1.29, 1.82) is 0 Å². The summed E-state index contributed by atoms with van der Waals surface area (Å²) < 4.78 is 18.2. The topological polar surface area (TPSA) is 47.3 Å². The number of nitrogens with one attached hydrogen (secondary N) is 1. The molecule has 94 valence electrons. The molecule has 0 bridgehead atoms. The van der Waals surface area contributed by atoms with Crippen LogP contribution in [0.5, 0.6) is 0 Å². The van der Waals surface area contributed by atoms with Gasteiger partial charge in [0.05, 0.1) is 0 Å². The van der Waals surface area contributed by atoms with Gasteiger partial charge in [0.2, 0.25) is 0 Å². The fraction of sp³-hybridized carbons (Fsp3) is 0.538. The lowest BCUT2D eigenvalue weighted by Gasteiger charge is -2.28. The molecule has 0 amide bonds. The Labute approximate surface area is 101 Å². The van der Waals surface area contributed by atoms with Crippen LogP contribution in [0.2, 0.25) is 0 Å². The zero-order valence-electron chi connectivity index (χ0n) is 9.86. The molecule has 1 unspecified atom stereocenters. The number of nitrogens with two attached hydrogens (primary N) is 1. The summed E-state index contributed by atoms with van der Waals surface area (Å²) in [5.41, 5.74) is 6.81. The van der Waals surface area contributed by atoms with E-state index < -0.39 is 0 Å². The second kappa shape index (κ2) is 6.10. The molecule has 1 fully saturated rings. The molecule has 1 aliphatic rings. The standard InChI is InChI=1S/C13H19FN2O/c14-11-3-1-10(2-4-11)13(9-15)16-12-5-7-17-8-6-12/h1-4,12-13,16H,5-9,15H2. The number of halogens is 1. The highest BCUT2D eigenvalue weighted by Gasteiger charge is 2.18. The van der Waals surface area contributed by atoms with Gasteiger partial charge in [-0.2, -0.15) is 0 Å². The van der Waals surface area contributed by atoms with E-state index in [1.807, 2.05) is 0 Å². The summed E-state index contributed by atoms with van der Waals surface area (Å²) in [5, 5.41) is 3.51. The van der Waals surface area contributed by atoms with Gasteiger partial charge in [0.25, 0.3) is 0 Å². The molecule has 1 aliphatic heterocycles. The highest BCUT2D eigenvalue weighted by Crippen LogP contribution is 2.16. The van der Waals surface area contributed by atoms with E-state index in [1.165, 1.54) is 12.1 Å². The maximum Gasteiger partial charge on any atom is 0.123 e. The molecule has 3 nitrogen and oxygen atoms in total. The largest absolute Gasteiger partial charge is 0.381 e. The molecule has 1 aromatic rings. The molecule has 0 saturated carbocycles. The van der Waals surface area contributed by atoms with Crippen molar-refractivity contribution in [3.63, 3.8) is 0 Å². The molecule has 0 aromatic heterocycles. The third kappa shape index (κ3) is 3.49. The Morgan fingerprint density at radius 1 is 1.29 bits per heavy atom. The summed E-state index contributed by atoms with van der Waals surface area (Å²) in [6.07, 6.45) is 2.02. The Balaban J connectivity index is 1.97. The third-order valence-electron chi connectivity index (χ3n) is 3.17. The molecule has 1 heterocycles. The predicted octanol–water partition coefficient (Wildman–Crippen LogP) is 1.59. The Bertz CT molecular complexity index is 336. The van der Waals surface area contributed by atoms with Crippen molar-refractivity contribution >= 4 is 0 Å². The highest BCUT2D eigenvalue weighted by atomic mass is 19.1. The van der Waals surface area contributed by atoms with Crippen LogP contribution in [0.1, 0.15) is 24.4 Å². The minimum absolute atomic E-state index is 0.0960. The predicted molar refractivity (Wildman–Crippen MR) is 65.2 cm³/mol. The minimum Gasteiger partial charge on any atom is -0.381 e. The Morgan fingerprint density at radius 3 is 2.53 bits per heavy atom. The summed E-state index contributed by atoms with van der Waals surface area (Å²) in [6, 6.07) is 7.08. The minimum atomic E-state index is -0.212. The van der Waals surface area contributed by atoms with Crippen molar-refractivity contribution in [2.75, 3.05) is 19.8 Å². The van der Waals surface area contributed by atoms with E-state index in [4.69, 9.17) is 10.5 Å². The molecule has 4 heteroatoms. The summed E-state index contributed by atoms with van der Waals surface area (Å²) in [4.78, 5) is 0. The van der Waals surface area contributed by atoms with Gasteiger partial charge in [-0.3, -0.25) is 0 Å². The molecule has 2 rings (SSSR count). The van der Waals surface area contributed by atoms with Gasteiger partial charge in [-0.15, -0.1) is 0 Å². The summed E-state index contributed by atoms with van der Waals surface area (Å²) >= 11 is 0. The first-order valence-corrected chi connectivity index (χ1v) is 6.09. The van der Waals surface area contributed by atoms with E-state index >= 15 is 0 Å². The van der Waals surface area contributed by atoms with Crippen LogP contribution in [0.25, 0.3) is 0 Å². The van der Waals surface area contributed by atoms with Crippen LogP contribution in [0.15, 0.2) is 24.3 Å². The average molecular weight is 238 g/mol. The van der Waals surface area contributed by atoms with Crippen molar-refractivity contribution in [3.05, 3.63) is 35.6 Å². The van der Waals surface area contributed by atoms with E-state index in [2.05, 4.69) is 5.32 Å². The molecular weight excluding hydrogens is 219 g/mol. The number of hydrogen-bond acceptors (Lipinski definition) is 3. The van der Waals surface area contributed by atoms with Gasteiger partial charge in [0.15, 0.2) is 0 Å². The van der Waals surface area contributed by atoms with E-state index in [1.54, 1.807) is 12.1 Å². The summed E-state index contributed by atoms with van der Waals surface area (Å²) in [6.45, 7) is 2.12. The van der Waals surface area contributed by atoms with Crippen LogP contribution in [-0.4, -0.2) is 25.8 Å². The van der Waals surface area contributed by atoms with Crippen LogP contribution >= 0.6 is 0 Å². The number of ether oxygens (including phenoxy) is 1. The number of rotatable bonds is 4. The van der Waals surface area contributed by atoms with Gasteiger partial charge in [-0.05, 0) is 30.5 Å². The lowest BCUT2D eigenvalue weighted by molar-refractivity contribution is 0.0751. The number of benzene rings is 1. The Hall–Kier alpha value is -0.970. The molecule has 0 spiro atoms. The molecule has 0 aliphatic carbocycles. The SMILES string of the molecule is NCC(NC1CCOCC1)c1ccc(F)cc1. The average Bonchev–Trinajstić information content (AvgIpc) is 2.38. The van der Waals surface area contributed by atoms with Crippen molar-refractivity contribution in [2.45, 2.75) is 24.9 Å². The van der Waals surface area contributed by atoms with E-state index in [9.17, 15) is 4.39 Å². The van der Waals surface area contributed by atoms with Crippen LogP contribution in [0.4, 0.5) is 4.39 Å². The second-order valence-corrected chi connectivity index (χ2v) is 4.39. The number of hydrogen-bond donors (Lipinski definition) is 2. The van der Waals surface area contributed by atoms with Gasteiger partial charge in [0, 0.05) is 31.8 Å². The monoisotopic (exact) mass is 238 g/mol. The third-order valence-corrected chi connectivity index (χ3v) is 3.17. The highest BCUT2D eigenvalue weighted by molar-refractivity contribution is 5.20. The van der Waals surface area contributed by atoms with Crippen LogP contribution < -0.4 is 11.1 Å². The molecule has 3 N–H and O–H groups in total. The molecule has 17 heavy (non-hydrogen) atoms. The Kier molecular flexibility index (Phi) is 4.48. The lowest BCUT2D eigenvalue weighted by atomic mass is 10.0. The maximum atomic E-state index is 12.8. The molecule has 1 atom stereocenters. The first-order chi connectivity index (χ1) is 8.29. The van der Waals surface area contributed by atoms with Gasteiger partial charge in [0.1, 0.15) is 5.82 Å². The smallest absolute Gasteiger partial charge is 0.123 e. The quantitative estimate of drug-likeness (QED) is 0.837. The molecule has 1 aromatic carbocycles. The zero-order chi connectivity index (χ0) is 12.1. The normalized spacial score (nSPS) is 19.2. The van der Waals surface area contributed by atoms with Gasteiger partial charge >= 0.3 is 0 Å².